The van der Waals surface area contributed by atoms with E-state index in [1.807, 2.05) is 80.6 Å². The van der Waals surface area contributed by atoms with Crippen LogP contribution in [0.15, 0.2) is 131 Å². The highest BCUT2D eigenvalue weighted by Crippen LogP contribution is 2.46. The molecule has 8 rings (SSSR count). The maximum Gasteiger partial charge on any atom is 0.362 e. The van der Waals surface area contributed by atoms with Crippen molar-refractivity contribution in [3.63, 3.8) is 0 Å². The van der Waals surface area contributed by atoms with E-state index < -0.39 is 28.7 Å². The molecule has 0 radical (unpaired) electrons. The third kappa shape index (κ3) is 7.95. The number of aromatic amines is 1. The van der Waals surface area contributed by atoms with E-state index >= 15 is 8.78 Å². The van der Waals surface area contributed by atoms with Gasteiger partial charge in [-0.15, -0.1) is 0 Å². The first-order valence-electron chi connectivity index (χ1n) is 20.0. The molecule has 7 aromatic rings. The summed E-state index contributed by atoms with van der Waals surface area (Å²) >= 11 is 0. The van der Waals surface area contributed by atoms with E-state index in [9.17, 15) is 14.0 Å². The first kappa shape index (κ1) is 40.9. The minimum Gasteiger partial charge on any atom is -0.372 e. The Bertz CT molecular complexity index is 2660. The number of anilines is 2. The maximum absolute atomic E-state index is 16.5. The molecular formula is C44H44F3N11O3. The van der Waals surface area contributed by atoms with Crippen LogP contribution >= 0.6 is 0 Å². The molecule has 1 aliphatic heterocycles. The Morgan fingerprint density at radius 3 is 2.08 bits per heavy atom. The number of halogens is 3. The highest BCUT2D eigenvalue weighted by Gasteiger charge is 2.57. The second-order valence-electron chi connectivity index (χ2n) is 15.1. The summed E-state index contributed by atoms with van der Waals surface area (Å²) < 4.78 is 56.3. The predicted octanol–water partition coefficient (Wildman–Crippen LogP) is 6.35. The minimum atomic E-state index is -3.77. The van der Waals surface area contributed by atoms with Crippen molar-refractivity contribution in [3.05, 3.63) is 165 Å². The van der Waals surface area contributed by atoms with Gasteiger partial charge in [-0.05, 0) is 89.8 Å². The van der Waals surface area contributed by atoms with E-state index in [1.165, 1.54) is 40.0 Å². The molecule has 0 spiro atoms. The Morgan fingerprint density at radius 2 is 1.48 bits per heavy atom. The van der Waals surface area contributed by atoms with Crippen LogP contribution in [-0.2, 0) is 22.8 Å². The van der Waals surface area contributed by atoms with Crippen molar-refractivity contribution in [1.82, 2.24) is 44.5 Å². The van der Waals surface area contributed by atoms with Gasteiger partial charge in [0.25, 0.3) is 0 Å². The number of pyridine rings is 2. The fraction of sp³-hybridized carbons (Fsp3) is 0.295. The first-order valence-corrected chi connectivity index (χ1v) is 20.0. The number of aromatic nitrogens is 9. The minimum absolute atomic E-state index is 0.0540. The number of piperazine rings is 1. The molecule has 0 unspecified atom stereocenters. The highest BCUT2D eigenvalue weighted by molar-refractivity contribution is 5.66. The van der Waals surface area contributed by atoms with Gasteiger partial charge in [0.2, 0.25) is 0 Å². The van der Waals surface area contributed by atoms with E-state index in [0.29, 0.717) is 29.1 Å². The summed E-state index contributed by atoms with van der Waals surface area (Å²) in [6.45, 7) is 8.55. The molecule has 0 bridgehead atoms. The van der Waals surface area contributed by atoms with Gasteiger partial charge in [-0.3, -0.25) is 4.98 Å². The fourth-order valence-electron chi connectivity index (χ4n) is 7.81. The summed E-state index contributed by atoms with van der Waals surface area (Å²) in [5, 5.41) is 13.5. The molecule has 1 N–H and O–H groups in total. The zero-order chi connectivity index (χ0) is 42.7. The molecule has 4 aromatic heterocycles. The summed E-state index contributed by atoms with van der Waals surface area (Å²) in [6, 6.07) is 28.5. The summed E-state index contributed by atoms with van der Waals surface area (Å²) in [5.74, 6) is -3.90. The van der Waals surface area contributed by atoms with Gasteiger partial charge < -0.3 is 14.5 Å². The van der Waals surface area contributed by atoms with Crippen molar-refractivity contribution < 1.29 is 17.9 Å². The zero-order valence-corrected chi connectivity index (χ0v) is 33.8. The Labute approximate surface area is 348 Å². The summed E-state index contributed by atoms with van der Waals surface area (Å²) in [5.41, 5.74) is 0.168. The van der Waals surface area contributed by atoms with Gasteiger partial charge in [0.15, 0.2) is 5.54 Å². The summed E-state index contributed by atoms with van der Waals surface area (Å²) in [4.78, 5) is 39.3. The molecule has 314 valence electrons. The average Bonchev–Trinajstić information content (AvgIpc) is 3.91. The monoisotopic (exact) mass is 831 g/mol. The van der Waals surface area contributed by atoms with Crippen molar-refractivity contribution in [1.29, 1.82) is 0 Å². The number of hydrogen-bond donors (Lipinski definition) is 1. The number of nitrogens with one attached hydrogen (secondary N) is 1. The molecule has 17 heteroatoms. The van der Waals surface area contributed by atoms with Crippen LogP contribution in [0.2, 0.25) is 0 Å². The molecule has 3 atom stereocenters. The standard InChI is InChI=1S/C44H44F3N11O3/c1-4-38(30(2)61-28-31-8-6-5-7-9-31)57-42(60)56(29-50-57)40-21-19-37(27-49-40)55-24-22-54(23-25-55)36-17-10-32(11-18-36)33-12-20-39(48-26-33)44(46,47)43(3,58-41(59)51-52-53-58)34-13-15-35(45)16-14-34/h5-21,26-27,29-30,38H,4,22-25,28H2,1-3H3,(H,51,53,59)/t30-,38-,43+/m0/s1. The van der Waals surface area contributed by atoms with E-state index in [1.54, 1.807) is 12.3 Å². The van der Waals surface area contributed by atoms with E-state index in [2.05, 4.69) is 40.4 Å². The number of tetrazole rings is 1. The lowest BCUT2D eigenvalue weighted by Gasteiger charge is -2.37. The zero-order valence-electron chi connectivity index (χ0n) is 33.8. The van der Waals surface area contributed by atoms with Gasteiger partial charge in [0.1, 0.15) is 23.7 Å². The van der Waals surface area contributed by atoms with Crippen molar-refractivity contribution in [2.45, 2.75) is 57.4 Å². The number of benzene rings is 3. The molecule has 1 fully saturated rings. The fourth-order valence-corrected chi connectivity index (χ4v) is 7.81. The van der Waals surface area contributed by atoms with Crippen molar-refractivity contribution in [2.24, 2.45) is 0 Å². The van der Waals surface area contributed by atoms with Gasteiger partial charge in [0, 0.05) is 43.6 Å². The molecule has 1 saturated heterocycles. The smallest absolute Gasteiger partial charge is 0.362 e. The largest absolute Gasteiger partial charge is 0.372 e. The third-order valence-corrected chi connectivity index (χ3v) is 11.5. The predicted molar refractivity (Wildman–Crippen MR) is 223 cm³/mol. The Kier molecular flexibility index (Phi) is 11.4. The van der Waals surface area contributed by atoms with Crippen LogP contribution in [-0.4, -0.2) is 76.8 Å². The lowest BCUT2D eigenvalue weighted by molar-refractivity contribution is -0.103. The van der Waals surface area contributed by atoms with Crippen LogP contribution < -0.4 is 21.2 Å². The van der Waals surface area contributed by atoms with Gasteiger partial charge in [-0.1, -0.05) is 67.6 Å². The second-order valence-corrected chi connectivity index (χ2v) is 15.1. The summed E-state index contributed by atoms with van der Waals surface area (Å²) in [6.07, 6.45) is 5.08. The highest BCUT2D eigenvalue weighted by atomic mass is 19.3. The van der Waals surface area contributed by atoms with Gasteiger partial charge in [0.05, 0.1) is 30.6 Å². The van der Waals surface area contributed by atoms with E-state index in [0.717, 1.165) is 67.7 Å². The Balaban J connectivity index is 0.889. The number of nitrogens with zero attached hydrogens (tertiary/aromatic N) is 10. The normalized spacial score (nSPS) is 15.4. The van der Waals surface area contributed by atoms with Crippen LogP contribution in [0.4, 0.5) is 24.5 Å². The number of rotatable bonds is 14. The van der Waals surface area contributed by atoms with Crippen LogP contribution in [0, 0.1) is 5.82 Å². The van der Waals surface area contributed by atoms with Gasteiger partial charge >= 0.3 is 17.3 Å². The number of H-pyrrole nitrogens is 1. The molecule has 0 saturated carbocycles. The molecule has 0 aliphatic carbocycles. The van der Waals surface area contributed by atoms with Crippen LogP contribution in [0.3, 0.4) is 0 Å². The third-order valence-electron chi connectivity index (χ3n) is 11.5. The number of hydrogen-bond acceptors (Lipinski definition) is 10. The maximum atomic E-state index is 16.5. The number of alkyl halides is 2. The molecule has 3 aromatic carbocycles. The lowest BCUT2D eigenvalue weighted by Crippen LogP contribution is -2.51. The molecule has 61 heavy (non-hydrogen) atoms. The average molecular weight is 832 g/mol. The Hall–Kier alpha value is -6.88. The quantitative estimate of drug-likeness (QED) is 0.132. The molecule has 5 heterocycles. The van der Waals surface area contributed by atoms with E-state index in [-0.39, 0.29) is 23.4 Å². The Morgan fingerprint density at radius 1 is 0.803 bits per heavy atom. The topological polar surface area (TPSA) is 145 Å². The number of ether oxygens (including phenoxy) is 1. The summed E-state index contributed by atoms with van der Waals surface area (Å²) in [7, 11) is 0. The second kappa shape index (κ2) is 17.0. The van der Waals surface area contributed by atoms with Crippen molar-refractivity contribution >= 4 is 11.4 Å². The first-order chi connectivity index (χ1) is 29.5. The van der Waals surface area contributed by atoms with Gasteiger partial charge in [-0.25, -0.2) is 33.3 Å². The molecule has 0 amide bonds. The van der Waals surface area contributed by atoms with Gasteiger partial charge in [-0.2, -0.15) is 18.6 Å². The van der Waals surface area contributed by atoms with Crippen LogP contribution in [0.25, 0.3) is 16.9 Å². The molecule has 1 aliphatic rings. The van der Waals surface area contributed by atoms with Crippen LogP contribution in [0.5, 0.6) is 0 Å². The molecular weight excluding hydrogens is 788 g/mol. The van der Waals surface area contributed by atoms with Crippen molar-refractivity contribution in [2.75, 3.05) is 36.0 Å². The van der Waals surface area contributed by atoms with E-state index in [4.69, 9.17) is 4.74 Å². The SMILES string of the molecule is CC[C@@H]([C@H](C)OCc1ccccc1)n1ncn(-c2ccc(N3CCN(c4ccc(-c5ccc(C(F)(F)[C@@](C)(c6ccc(F)cc6)n6nn[nH]c6=O)nc5)cc4)CC3)cn2)c1=O. The molecule has 14 nitrogen and oxygen atoms in total. The van der Waals surface area contributed by atoms with Crippen molar-refractivity contribution in [3.8, 4) is 16.9 Å². The van der Waals surface area contributed by atoms with Crippen LogP contribution in [0.1, 0.15) is 50.1 Å². The lowest BCUT2D eigenvalue weighted by atomic mass is 9.83.